The summed E-state index contributed by atoms with van der Waals surface area (Å²) in [6, 6.07) is 7.84. The second kappa shape index (κ2) is 5.85. The minimum absolute atomic E-state index is 0.203. The van der Waals surface area contributed by atoms with Gasteiger partial charge >= 0.3 is 0 Å². The Morgan fingerprint density at radius 3 is 2.95 bits per heavy atom. The highest BCUT2D eigenvalue weighted by Crippen LogP contribution is 2.27. The van der Waals surface area contributed by atoms with Crippen molar-refractivity contribution in [2.45, 2.75) is 38.3 Å². The van der Waals surface area contributed by atoms with Crippen molar-refractivity contribution in [1.29, 1.82) is 0 Å². The molecule has 0 spiro atoms. The molecule has 1 aromatic carbocycles. The normalized spacial score (nSPS) is 20.0. The molecular formula is C16H21N3O2. The maximum atomic E-state index is 11.2. The lowest BCUT2D eigenvalue weighted by Gasteiger charge is -2.32. The van der Waals surface area contributed by atoms with E-state index in [1.807, 2.05) is 22.9 Å². The van der Waals surface area contributed by atoms with Crippen molar-refractivity contribution in [3.63, 3.8) is 0 Å². The van der Waals surface area contributed by atoms with Gasteiger partial charge in [0.25, 0.3) is 5.69 Å². The van der Waals surface area contributed by atoms with E-state index < -0.39 is 0 Å². The molecule has 0 aliphatic carbocycles. The monoisotopic (exact) mass is 287 g/mol. The highest BCUT2D eigenvalue weighted by Gasteiger charge is 2.20. The van der Waals surface area contributed by atoms with Gasteiger partial charge in [0.1, 0.15) is 5.52 Å². The van der Waals surface area contributed by atoms with Crippen LogP contribution in [0.2, 0.25) is 0 Å². The van der Waals surface area contributed by atoms with Crippen LogP contribution in [0.25, 0.3) is 10.9 Å². The minimum atomic E-state index is -0.286. The van der Waals surface area contributed by atoms with Gasteiger partial charge in [-0.3, -0.25) is 10.1 Å². The first-order chi connectivity index (χ1) is 10.2. The second-order valence-corrected chi connectivity index (χ2v) is 5.90. The largest absolute Gasteiger partial charge is 0.342 e. The number of aryl methyl sites for hydroxylation is 1. The summed E-state index contributed by atoms with van der Waals surface area (Å²) in [5, 5.41) is 12.2. The standard InChI is InChI=1S/C16H21N3O2/c1-17-10-3-2-6-14(17)9-12-18-11-8-13-5-4-7-15(16(13)18)19(20)21/h4-5,7-8,11,14H,2-3,6,9-10,12H2,1H3. The molecule has 1 saturated heterocycles. The highest BCUT2D eigenvalue weighted by molar-refractivity contribution is 5.88. The molecule has 5 heteroatoms. The smallest absolute Gasteiger partial charge is 0.293 e. The summed E-state index contributed by atoms with van der Waals surface area (Å²) in [5.41, 5.74) is 0.954. The number of likely N-dealkylation sites (tertiary alicyclic amines) is 1. The quantitative estimate of drug-likeness (QED) is 0.639. The predicted molar refractivity (Wildman–Crippen MR) is 83.5 cm³/mol. The molecule has 1 aliphatic heterocycles. The number of nitro groups is 1. The van der Waals surface area contributed by atoms with E-state index in [0.717, 1.165) is 30.4 Å². The molecule has 5 nitrogen and oxygen atoms in total. The van der Waals surface area contributed by atoms with Crippen LogP contribution in [0.1, 0.15) is 25.7 Å². The van der Waals surface area contributed by atoms with Crippen LogP contribution in [0, 0.1) is 10.1 Å². The van der Waals surface area contributed by atoms with Crippen LogP contribution in [0.3, 0.4) is 0 Å². The number of piperidine rings is 1. The summed E-state index contributed by atoms with van der Waals surface area (Å²) in [6.45, 7) is 2.00. The van der Waals surface area contributed by atoms with Crippen LogP contribution in [-0.4, -0.2) is 34.0 Å². The summed E-state index contributed by atoms with van der Waals surface area (Å²) in [6.07, 6.45) is 6.83. The Morgan fingerprint density at radius 1 is 1.33 bits per heavy atom. The molecule has 0 radical (unpaired) electrons. The zero-order valence-corrected chi connectivity index (χ0v) is 12.4. The summed E-state index contributed by atoms with van der Waals surface area (Å²) in [5.74, 6) is 0. The fraction of sp³-hybridized carbons (Fsp3) is 0.500. The molecule has 2 heterocycles. The van der Waals surface area contributed by atoms with E-state index in [-0.39, 0.29) is 10.6 Å². The zero-order chi connectivity index (χ0) is 14.8. The summed E-state index contributed by atoms with van der Waals surface area (Å²) < 4.78 is 2.04. The molecule has 112 valence electrons. The van der Waals surface area contributed by atoms with E-state index in [1.165, 1.54) is 19.3 Å². The first-order valence-corrected chi connectivity index (χ1v) is 7.59. The van der Waals surface area contributed by atoms with Gasteiger partial charge in [-0.1, -0.05) is 18.6 Å². The van der Waals surface area contributed by atoms with E-state index in [1.54, 1.807) is 12.1 Å². The zero-order valence-electron chi connectivity index (χ0n) is 12.4. The Morgan fingerprint density at radius 2 is 2.19 bits per heavy atom. The van der Waals surface area contributed by atoms with Crippen molar-refractivity contribution in [3.8, 4) is 0 Å². The van der Waals surface area contributed by atoms with Crippen molar-refractivity contribution in [1.82, 2.24) is 9.47 Å². The third-order valence-corrected chi connectivity index (χ3v) is 4.59. The van der Waals surface area contributed by atoms with E-state index in [2.05, 4.69) is 11.9 Å². The Balaban J connectivity index is 1.82. The van der Waals surface area contributed by atoms with Gasteiger partial charge in [0.15, 0.2) is 0 Å². The Kier molecular flexibility index (Phi) is 3.92. The number of hydrogen-bond acceptors (Lipinski definition) is 3. The van der Waals surface area contributed by atoms with Gasteiger partial charge in [-0.05, 0) is 38.9 Å². The van der Waals surface area contributed by atoms with E-state index >= 15 is 0 Å². The Hall–Kier alpha value is -1.88. The fourth-order valence-corrected chi connectivity index (χ4v) is 3.37. The lowest BCUT2D eigenvalue weighted by atomic mass is 10.0. The number of aromatic nitrogens is 1. The topological polar surface area (TPSA) is 51.3 Å². The number of non-ortho nitro benzene ring substituents is 1. The molecule has 3 rings (SSSR count). The number of fused-ring (bicyclic) bond motifs is 1. The molecule has 1 atom stereocenters. The number of rotatable bonds is 4. The molecule has 0 amide bonds. The van der Waals surface area contributed by atoms with Gasteiger partial charge < -0.3 is 9.47 Å². The molecule has 2 aromatic rings. The van der Waals surface area contributed by atoms with E-state index in [4.69, 9.17) is 0 Å². The predicted octanol–water partition coefficient (Wildman–Crippen LogP) is 3.42. The molecule has 1 unspecified atom stereocenters. The lowest BCUT2D eigenvalue weighted by molar-refractivity contribution is -0.383. The average molecular weight is 287 g/mol. The molecule has 1 fully saturated rings. The average Bonchev–Trinajstić information content (AvgIpc) is 2.89. The van der Waals surface area contributed by atoms with Crippen molar-refractivity contribution in [2.75, 3.05) is 13.6 Å². The van der Waals surface area contributed by atoms with Gasteiger partial charge in [0.2, 0.25) is 0 Å². The first-order valence-electron chi connectivity index (χ1n) is 7.59. The fourth-order valence-electron chi connectivity index (χ4n) is 3.37. The van der Waals surface area contributed by atoms with Crippen molar-refractivity contribution in [3.05, 3.63) is 40.6 Å². The Labute approximate surface area is 124 Å². The van der Waals surface area contributed by atoms with Crippen molar-refractivity contribution < 1.29 is 4.92 Å². The van der Waals surface area contributed by atoms with Gasteiger partial charge in [-0.25, -0.2) is 0 Å². The Bertz CT molecular complexity index is 650. The first kappa shape index (κ1) is 14.1. The van der Waals surface area contributed by atoms with Gasteiger partial charge in [0, 0.05) is 30.2 Å². The molecule has 0 saturated carbocycles. The molecule has 1 aliphatic rings. The summed E-state index contributed by atoms with van der Waals surface area (Å²) >= 11 is 0. The summed E-state index contributed by atoms with van der Waals surface area (Å²) in [7, 11) is 2.18. The van der Waals surface area contributed by atoms with Crippen LogP contribution in [0.5, 0.6) is 0 Å². The van der Waals surface area contributed by atoms with E-state index in [9.17, 15) is 10.1 Å². The number of nitrogens with zero attached hydrogens (tertiary/aromatic N) is 3. The van der Waals surface area contributed by atoms with E-state index in [0.29, 0.717) is 6.04 Å². The maximum absolute atomic E-state index is 11.2. The molecular weight excluding hydrogens is 266 g/mol. The second-order valence-electron chi connectivity index (χ2n) is 5.90. The third-order valence-electron chi connectivity index (χ3n) is 4.59. The third kappa shape index (κ3) is 2.78. The van der Waals surface area contributed by atoms with Crippen LogP contribution in [0.4, 0.5) is 5.69 Å². The molecule has 1 aromatic heterocycles. The van der Waals surface area contributed by atoms with Crippen molar-refractivity contribution in [2.24, 2.45) is 0 Å². The number of nitro benzene ring substituents is 1. The minimum Gasteiger partial charge on any atom is -0.342 e. The van der Waals surface area contributed by atoms with Gasteiger partial charge in [0.05, 0.1) is 4.92 Å². The van der Waals surface area contributed by atoms with Gasteiger partial charge in [-0.15, -0.1) is 0 Å². The van der Waals surface area contributed by atoms with Crippen LogP contribution < -0.4 is 0 Å². The number of para-hydroxylation sites is 1. The highest BCUT2D eigenvalue weighted by atomic mass is 16.6. The summed E-state index contributed by atoms with van der Waals surface area (Å²) in [4.78, 5) is 13.3. The van der Waals surface area contributed by atoms with Crippen LogP contribution in [-0.2, 0) is 6.54 Å². The lowest BCUT2D eigenvalue weighted by Crippen LogP contribution is -2.36. The van der Waals surface area contributed by atoms with Crippen molar-refractivity contribution >= 4 is 16.6 Å². The molecule has 0 bridgehead atoms. The molecule has 0 N–H and O–H groups in total. The molecule has 21 heavy (non-hydrogen) atoms. The SMILES string of the molecule is CN1CCCCC1CCn1ccc2cccc([N+](=O)[O-])c21. The van der Waals surface area contributed by atoms with Gasteiger partial charge in [-0.2, -0.15) is 0 Å². The number of hydrogen-bond donors (Lipinski definition) is 0. The maximum Gasteiger partial charge on any atom is 0.293 e. The van der Waals surface area contributed by atoms with Crippen LogP contribution >= 0.6 is 0 Å². The van der Waals surface area contributed by atoms with Crippen LogP contribution in [0.15, 0.2) is 30.5 Å². The number of benzene rings is 1.